The molecule has 1 amide bonds. The lowest BCUT2D eigenvalue weighted by Crippen LogP contribution is -2.27. The highest BCUT2D eigenvalue weighted by Crippen LogP contribution is 2.40. The van der Waals surface area contributed by atoms with E-state index in [0.29, 0.717) is 43.1 Å². The molecule has 1 saturated heterocycles. The number of carbonyl (C=O) groups is 1. The average Bonchev–Trinajstić information content (AvgIpc) is 3.17. The van der Waals surface area contributed by atoms with Crippen LogP contribution in [-0.2, 0) is 11.4 Å². The van der Waals surface area contributed by atoms with E-state index in [1.54, 1.807) is 54.6 Å². The average molecular weight is 602 g/mol. The van der Waals surface area contributed by atoms with E-state index < -0.39 is 4.92 Å². The maximum Gasteiger partial charge on any atom is 0.270 e. The molecule has 0 atom stereocenters. The predicted molar refractivity (Wildman–Crippen MR) is 151 cm³/mol. The van der Waals surface area contributed by atoms with Crippen LogP contribution in [0.5, 0.6) is 17.2 Å². The maximum atomic E-state index is 13.2. The molecule has 1 heterocycles. The van der Waals surface area contributed by atoms with Crippen LogP contribution in [0, 0.1) is 10.1 Å². The number of hydrogen-bond donors (Lipinski definition) is 0. The second-order valence-electron chi connectivity index (χ2n) is 7.68. The summed E-state index contributed by atoms with van der Waals surface area (Å²) in [6.45, 7) is 2.66. The van der Waals surface area contributed by atoms with Crippen LogP contribution in [0.3, 0.4) is 0 Å². The Bertz CT molecular complexity index is 1380. The molecule has 190 valence electrons. The molecule has 0 spiro atoms. The molecule has 0 bridgehead atoms. The number of thioether (sulfide) groups is 1. The van der Waals surface area contributed by atoms with Crippen LogP contribution in [0.1, 0.15) is 18.1 Å². The number of benzene rings is 3. The number of carbonyl (C=O) groups excluding carboxylic acids is 1. The van der Waals surface area contributed by atoms with Crippen LogP contribution in [0.4, 0.5) is 11.4 Å². The molecule has 8 nitrogen and oxygen atoms in total. The normalized spacial score (nSPS) is 14.2. The zero-order chi connectivity index (χ0) is 26.5. The molecule has 0 N–H and O–H groups in total. The topological polar surface area (TPSA) is 91.1 Å². The first-order valence-corrected chi connectivity index (χ1v) is 13.1. The molecular formula is C26H21BrN2O6S2. The number of rotatable bonds is 9. The highest BCUT2D eigenvalue weighted by molar-refractivity contribution is 9.10. The zero-order valence-corrected chi connectivity index (χ0v) is 23.0. The Morgan fingerprint density at radius 1 is 1.08 bits per heavy atom. The number of non-ortho nitro benzene ring substituents is 1. The first-order chi connectivity index (χ1) is 17.8. The van der Waals surface area contributed by atoms with Crippen LogP contribution in [-0.4, -0.2) is 28.9 Å². The molecule has 1 aliphatic heterocycles. The third-order valence-electron chi connectivity index (χ3n) is 5.31. The number of amides is 1. The van der Waals surface area contributed by atoms with E-state index in [1.165, 1.54) is 35.9 Å². The van der Waals surface area contributed by atoms with E-state index >= 15 is 0 Å². The number of ether oxygens (including phenoxy) is 3. The molecule has 1 aliphatic rings. The summed E-state index contributed by atoms with van der Waals surface area (Å²) >= 11 is 10.3. The van der Waals surface area contributed by atoms with E-state index in [1.807, 2.05) is 6.92 Å². The van der Waals surface area contributed by atoms with Gasteiger partial charge in [0.25, 0.3) is 11.6 Å². The van der Waals surface area contributed by atoms with Gasteiger partial charge in [-0.3, -0.25) is 19.8 Å². The summed E-state index contributed by atoms with van der Waals surface area (Å²) in [7, 11) is 1.52. The van der Waals surface area contributed by atoms with Crippen molar-refractivity contribution in [1.29, 1.82) is 0 Å². The van der Waals surface area contributed by atoms with Crippen LogP contribution in [0.25, 0.3) is 6.08 Å². The highest BCUT2D eigenvalue weighted by atomic mass is 79.9. The van der Waals surface area contributed by atoms with Crippen molar-refractivity contribution < 1.29 is 23.9 Å². The van der Waals surface area contributed by atoms with Crippen molar-refractivity contribution in [2.24, 2.45) is 0 Å². The van der Waals surface area contributed by atoms with Gasteiger partial charge in [0.05, 0.1) is 29.2 Å². The molecule has 0 aliphatic carbocycles. The standard InChI is InChI=1S/C26H21BrN2O6S2/c1-3-34-20-10-8-18(9-11-20)28-25(30)24(37-26(28)36)13-17-12-22(33-2)23(14-21(17)27)35-15-16-4-6-19(7-5-16)29(31)32/h4-14H,3,15H2,1-2H3/b24-13+. The summed E-state index contributed by atoms with van der Waals surface area (Å²) in [5.74, 6) is 1.45. The Morgan fingerprint density at radius 3 is 2.41 bits per heavy atom. The number of nitrogens with zero attached hydrogens (tertiary/aromatic N) is 2. The number of thiocarbonyl (C=S) groups is 1. The number of methoxy groups -OCH3 is 1. The third-order valence-corrected chi connectivity index (χ3v) is 7.30. The minimum atomic E-state index is -0.449. The summed E-state index contributed by atoms with van der Waals surface area (Å²) < 4.78 is 18.0. The molecule has 11 heteroatoms. The van der Waals surface area contributed by atoms with Gasteiger partial charge in [0, 0.05) is 16.6 Å². The van der Waals surface area contributed by atoms with Crippen molar-refractivity contribution in [3.05, 3.63) is 91.3 Å². The lowest BCUT2D eigenvalue weighted by Gasteiger charge is -2.15. The fourth-order valence-electron chi connectivity index (χ4n) is 3.50. The molecule has 37 heavy (non-hydrogen) atoms. The highest BCUT2D eigenvalue weighted by Gasteiger charge is 2.33. The molecule has 0 saturated carbocycles. The molecule has 0 aromatic heterocycles. The summed E-state index contributed by atoms with van der Waals surface area (Å²) in [6, 6.07) is 16.9. The smallest absolute Gasteiger partial charge is 0.270 e. The molecule has 0 radical (unpaired) electrons. The lowest BCUT2D eigenvalue weighted by molar-refractivity contribution is -0.384. The van der Waals surface area contributed by atoms with E-state index in [-0.39, 0.29) is 18.2 Å². The summed E-state index contributed by atoms with van der Waals surface area (Å²) in [4.78, 5) is 25.6. The molecule has 4 rings (SSSR count). The van der Waals surface area contributed by atoms with Crippen molar-refractivity contribution in [2.45, 2.75) is 13.5 Å². The van der Waals surface area contributed by atoms with Crippen molar-refractivity contribution in [3.8, 4) is 17.2 Å². The van der Waals surface area contributed by atoms with E-state index in [9.17, 15) is 14.9 Å². The summed E-state index contributed by atoms with van der Waals surface area (Å²) in [5, 5.41) is 10.8. The molecular weight excluding hydrogens is 580 g/mol. The minimum Gasteiger partial charge on any atom is -0.494 e. The van der Waals surface area contributed by atoms with Crippen LogP contribution < -0.4 is 19.1 Å². The largest absolute Gasteiger partial charge is 0.494 e. The van der Waals surface area contributed by atoms with Gasteiger partial charge in [-0.05, 0) is 72.7 Å². The van der Waals surface area contributed by atoms with E-state index in [0.717, 1.165) is 11.3 Å². The Kier molecular flexibility index (Phi) is 8.47. The molecule has 1 fully saturated rings. The Labute approximate surface area is 231 Å². The zero-order valence-electron chi connectivity index (χ0n) is 19.8. The molecule has 0 unspecified atom stereocenters. The van der Waals surface area contributed by atoms with Gasteiger partial charge in [0.1, 0.15) is 12.4 Å². The van der Waals surface area contributed by atoms with Crippen LogP contribution >= 0.6 is 39.9 Å². The van der Waals surface area contributed by atoms with E-state index in [2.05, 4.69) is 15.9 Å². The van der Waals surface area contributed by atoms with Crippen molar-refractivity contribution in [2.75, 3.05) is 18.6 Å². The first-order valence-electron chi connectivity index (χ1n) is 11.0. The fourth-order valence-corrected chi connectivity index (χ4v) is 5.23. The molecule has 3 aromatic rings. The summed E-state index contributed by atoms with van der Waals surface area (Å²) in [5.41, 5.74) is 2.17. The quantitative estimate of drug-likeness (QED) is 0.115. The molecule has 3 aromatic carbocycles. The van der Waals surface area contributed by atoms with Crippen LogP contribution in [0.15, 0.2) is 70.0 Å². The summed E-state index contributed by atoms with van der Waals surface area (Å²) in [6.07, 6.45) is 1.75. The maximum absolute atomic E-state index is 13.2. The Hall–Kier alpha value is -3.41. The number of nitro benzene ring substituents is 1. The van der Waals surface area contributed by atoms with Gasteiger partial charge in [-0.15, -0.1) is 0 Å². The van der Waals surface area contributed by atoms with Crippen molar-refractivity contribution in [1.82, 2.24) is 0 Å². The SMILES string of the molecule is CCOc1ccc(N2C(=O)/C(=C\c3cc(OC)c(OCc4ccc([N+](=O)[O-])cc4)cc3Br)SC2=S)cc1. The van der Waals surface area contributed by atoms with Gasteiger partial charge in [-0.1, -0.05) is 39.9 Å². The monoisotopic (exact) mass is 600 g/mol. The van der Waals surface area contributed by atoms with Gasteiger partial charge in [0.2, 0.25) is 0 Å². The predicted octanol–water partition coefficient (Wildman–Crippen LogP) is 6.75. The number of halogens is 1. The fraction of sp³-hybridized carbons (Fsp3) is 0.154. The van der Waals surface area contributed by atoms with Crippen molar-refractivity contribution >= 4 is 67.6 Å². The van der Waals surface area contributed by atoms with Gasteiger partial charge < -0.3 is 14.2 Å². The number of anilines is 1. The van der Waals surface area contributed by atoms with Crippen molar-refractivity contribution in [3.63, 3.8) is 0 Å². The van der Waals surface area contributed by atoms with Gasteiger partial charge in [0.15, 0.2) is 15.8 Å². The Balaban J connectivity index is 1.52. The van der Waals surface area contributed by atoms with Gasteiger partial charge in [-0.25, -0.2) is 0 Å². The lowest BCUT2D eigenvalue weighted by atomic mass is 10.1. The van der Waals surface area contributed by atoms with Crippen LogP contribution in [0.2, 0.25) is 0 Å². The second-order valence-corrected chi connectivity index (χ2v) is 10.2. The van der Waals surface area contributed by atoms with Gasteiger partial charge >= 0.3 is 0 Å². The Morgan fingerprint density at radius 2 is 1.78 bits per heavy atom. The third kappa shape index (κ3) is 6.12. The second kappa shape index (κ2) is 11.8. The number of nitro groups is 1. The first kappa shape index (κ1) is 26.6. The van der Waals surface area contributed by atoms with E-state index in [4.69, 9.17) is 26.4 Å². The minimum absolute atomic E-state index is 0.0152. The number of hydrogen-bond acceptors (Lipinski definition) is 8. The van der Waals surface area contributed by atoms with Gasteiger partial charge in [-0.2, -0.15) is 0 Å².